The van der Waals surface area contributed by atoms with E-state index in [1.807, 2.05) is 24.3 Å². The van der Waals surface area contributed by atoms with Gasteiger partial charge in [0.25, 0.3) is 0 Å². The van der Waals surface area contributed by atoms with Crippen LogP contribution in [0.5, 0.6) is 0 Å². The average Bonchev–Trinajstić information content (AvgIpc) is 2.34. The third kappa shape index (κ3) is 3.93. The number of hydrogen-bond acceptors (Lipinski definition) is 1. The highest BCUT2D eigenvalue weighted by Gasteiger charge is 2.14. The summed E-state index contributed by atoms with van der Waals surface area (Å²) in [4.78, 5) is 0. The topological polar surface area (TPSA) is 26.0 Å². The van der Waals surface area contributed by atoms with Crippen LogP contribution in [-0.2, 0) is 6.42 Å². The van der Waals surface area contributed by atoms with E-state index in [4.69, 9.17) is 17.3 Å². The van der Waals surface area contributed by atoms with E-state index < -0.39 is 0 Å². The summed E-state index contributed by atoms with van der Waals surface area (Å²) < 4.78 is 14.6. The van der Waals surface area contributed by atoms with Crippen molar-refractivity contribution in [1.82, 2.24) is 0 Å². The van der Waals surface area contributed by atoms with Gasteiger partial charge in [-0.1, -0.05) is 51.8 Å². The van der Waals surface area contributed by atoms with E-state index in [0.717, 1.165) is 10.0 Å². The molecule has 0 fully saturated rings. The first-order chi connectivity index (χ1) is 8.59. The maximum absolute atomic E-state index is 13.7. The lowest BCUT2D eigenvalue weighted by Gasteiger charge is -2.15. The largest absolute Gasteiger partial charge is 0.324 e. The Bertz CT molecular complexity index is 543. The summed E-state index contributed by atoms with van der Waals surface area (Å²) in [7, 11) is 0. The van der Waals surface area contributed by atoms with Crippen LogP contribution in [0, 0.1) is 5.82 Å². The van der Waals surface area contributed by atoms with Crippen LogP contribution in [-0.4, -0.2) is 0 Å². The molecule has 1 unspecified atom stereocenters. The zero-order chi connectivity index (χ0) is 13.1. The molecule has 0 saturated carbocycles. The maximum atomic E-state index is 13.7. The Labute approximate surface area is 131 Å². The van der Waals surface area contributed by atoms with E-state index in [1.54, 1.807) is 12.1 Å². The molecule has 0 aliphatic rings. The van der Waals surface area contributed by atoms with Gasteiger partial charge in [-0.15, -0.1) is 12.4 Å². The highest BCUT2D eigenvalue weighted by molar-refractivity contribution is 9.10. The maximum Gasteiger partial charge on any atom is 0.127 e. The molecular formula is C14H13BrCl2FN. The van der Waals surface area contributed by atoms with E-state index in [-0.39, 0.29) is 24.3 Å². The molecular weight excluding hydrogens is 352 g/mol. The molecule has 0 bridgehead atoms. The van der Waals surface area contributed by atoms with Crippen molar-refractivity contribution in [2.24, 2.45) is 5.73 Å². The molecule has 2 N–H and O–H groups in total. The van der Waals surface area contributed by atoms with E-state index in [0.29, 0.717) is 17.0 Å². The van der Waals surface area contributed by atoms with Crippen LogP contribution in [0.25, 0.3) is 0 Å². The normalized spacial score (nSPS) is 11.8. The lowest BCUT2D eigenvalue weighted by molar-refractivity contribution is 0.593. The summed E-state index contributed by atoms with van der Waals surface area (Å²) in [5, 5.41) is 0.414. The number of benzene rings is 2. The fourth-order valence-electron chi connectivity index (χ4n) is 1.83. The van der Waals surface area contributed by atoms with Crippen LogP contribution < -0.4 is 5.73 Å². The highest BCUT2D eigenvalue weighted by atomic mass is 79.9. The van der Waals surface area contributed by atoms with Gasteiger partial charge in [0.05, 0.1) is 0 Å². The number of nitrogens with two attached hydrogens (primary N) is 1. The second-order valence-corrected chi connectivity index (χ2v) is 5.29. The Balaban J connectivity index is 0.00000180. The molecule has 0 heterocycles. The molecule has 0 spiro atoms. The summed E-state index contributed by atoms with van der Waals surface area (Å²) in [6, 6.07) is 12.0. The van der Waals surface area contributed by atoms with Gasteiger partial charge in [-0.05, 0) is 30.2 Å². The van der Waals surface area contributed by atoms with Crippen molar-refractivity contribution in [3.05, 3.63) is 68.9 Å². The molecule has 2 aromatic rings. The van der Waals surface area contributed by atoms with Crippen molar-refractivity contribution in [2.75, 3.05) is 0 Å². The molecule has 5 heteroatoms. The first-order valence-electron chi connectivity index (χ1n) is 5.52. The SMILES string of the molecule is Cl.NC(Cc1c(F)cccc1Cl)c1ccccc1Br. The molecule has 0 radical (unpaired) electrons. The zero-order valence-corrected chi connectivity index (χ0v) is 13.1. The van der Waals surface area contributed by atoms with Crippen LogP contribution in [0.3, 0.4) is 0 Å². The fourth-order valence-corrected chi connectivity index (χ4v) is 2.65. The molecule has 0 saturated heterocycles. The molecule has 0 aromatic heterocycles. The van der Waals surface area contributed by atoms with Crippen molar-refractivity contribution in [3.8, 4) is 0 Å². The van der Waals surface area contributed by atoms with E-state index in [1.165, 1.54) is 6.07 Å². The Hall–Kier alpha value is -0.610. The monoisotopic (exact) mass is 363 g/mol. The predicted octanol–water partition coefficient (Wildman–Crippen LogP) is 4.91. The molecule has 0 aliphatic heterocycles. The van der Waals surface area contributed by atoms with Crippen LogP contribution >= 0.6 is 39.9 Å². The van der Waals surface area contributed by atoms with Gasteiger partial charge in [0.2, 0.25) is 0 Å². The van der Waals surface area contributed by atoms with E-state index >= 15 is 0 Å². The van der Waals surface area contributed by atoms with Crippen molar-refractivity contribution in [1.29, 1.82) is 0 Å². The second kappa shape index (κ2) is 7.25. The Kier molecular flexibility index (Phi) is 6.27. The quantitative estimate of drug-likeness (QED) is 0.822. The first kappa shape index (κ1) is 16.4. The van der Waals surface area contributed by atoms with Crippen molar-refractivity contribution in [3.63, 3.8) is 0 Å². The van der Waals surface area contributed by atoms with Crippen molar-refractivity contribution < 1.29 is 4.39 Å². The number of rotatable bonds is 3. The van der Waals surface area contributed by atoms with Crippen LogP contribution in [0.4, 0.5) is 4.39 Å². The molecule has 1 atom stereocenters. The third-order valence-corrected chi connectivity index (χ3v) is 3.87. The second-order valence-electron chi connectivity index (χ2n) is 4.03. The number of hydrogen-bond donors (Lipinski definition) is 1. The first-order valence-corrected chi connectivity index (χ1v) is 6.69. The van der Waals surface area contributed by atoms with E-state index in [2.05, 4.69) is 15.9 Å². The van der Waals surface area contributed by atoms with Gasteiger partial charge in [-0.25, -0.2) is 4.39 Å². The molecule has 0 amide bonds. The Morgan fingerprint density at radius 2 is 1.84 bits per heavy atom. The van der Waals surface area contributed by atoms with Crippen LogP contribution in [0.1, 0.15) is 17.2 Å². The summed E-state index contributed by atoms with van der Waals surface area (Å²) in [5.41, 5.74) is 7.51. The molecule has 0 aliphatic carbocycles. The van der Waals surface area contributed by atoms with Gasteiger partial charge >= 0.3 is 0 Å². The predicted molar refractivity (Wildman–Crippen MR) is 83.4 cm³/mol. The minimum atomic E-state index is -0.315. The molecule has 2 aromatic carbocycles. The van der Waals surface area contributed by atoms with Gasteiger partial charge in [0.15, 0.2) is 0 Å². The zero-order valence-electron chi connectivity index (χ0n) is 9.95. The molecule has 102 valence electrons. The van der Waals surface area contributed by atoms with Crippen molar-refractivity contribution >= 4 is 39.9 Å². The van der Waals surface area contributed by atoms with Gasteiger partial charge in [-0.3, -0.25) is 0 Å². The lowest BCUT2D eigenvalue weighted by atomic mass is 9.99. The summed E-state index contributed by atoms with van der Waals surface area (Å²) in [6.07, 6.45) is 0.369. The highest BCUT2D eigenvalue weighted by Crippen LogP contribution is 2.28. The summed E-state index contributed by atoms with van der Waals surface area (Å²) in [6.45, 7) is 0. The summed E-state index contributed by atoms with van der Waals surface area (Å²) >= 11 is 9.43. The van der Waals surface area contributed by atoms with Crippen LogP contribution in [0.2, 0.25) is 5.02 Å². The molecule has 1 nitrogen and oxygen atoms in total. The lowest BCUT2D eigenvalue weighted by Crippen LogP contribution is -2.15. The van der Waals surface area contributed by atoms with Crippen molar-refractivity contribution in [2.45, 2.75) is 12.5 Å². The Morgan fingerprint density at radius 3 is 2.47 bits per heavy atom. The van der Waals surface area contributed by atoms with Gasteiger partial charge in [0.1, 0.15) is 5.82 Å². The summed E-state index contributed by atoms with van der Waals surface area (Å²) in [5.74, 6) is -0.315. The number of halogens is 4. The smallest absolute Gasteiger partial charge is 0.127 e. The minimum absolute atomic E-state index is 0. The van der Waals surface area contributed by atoms with Gasteiger partial charge in [0, 0.05) is 21.1 Å². The standard InChI is InChI=1S/C14H12BrClFN.ClH/c15-11-5-2-1-4-9(11)14(18)8-10-12(16)6-3-7-13(10)17;/h1-7,14H,8,18H2;1H. The Morgan fingerprint density at radius 1 is 1.16 bits per heavy atom. The minimum Gasteiger partial charge on any atom is -0.324 e. The average molecular weight is 365 g/mol. The fraction of sp³-hybridized carbons (Fsp3) is 0.143. The van der Waals surface area contributed by atoms with E-state index in [9.17, 15) is 4.39 Å². The van der Waals surface area contributed by atoms with Gasteiger partial charge in [-0.2, -0.15) is 0 Å². The van der Waals surface area contributed by atoms with Gasteiger partial charge < -0.3 is 5.73 Å². The van der Waals surface area contributed by atoms with Crippen LogP contribution in [0.15, 0.2) is 46.9 Å². The molecule has 2 rings (SSSR count). The third-order valence-electron chi connectivity index (χ3n) is 2.79. The molecule has 19 heavy (non-hydrogen) atoms.